The third kappa shape index (κ3) is 2.98. The molecule has 0 amide bonds. The molecule has 0 radical (unpaired) electrons. The Bertz CT molecular complexity index is 1140. The van der Waals surface area contributed by atoms with Crippen molar-refractivity contribution in [2.45, 2.75) is 0 Å². The van der Waals surface area contributed by atoms with Crippen LogP contribution in [0.5, 0.6) is 5.75 Å². The molecular weight excluding hydrogens is 375 g/mol. The predicted molar refractivity (Wildman–Crippen MR) is 107 cm³/mol. The van der Waals surface area contributed by atoms with Crippen LogP contribution in [0.1, 0.15) is 0 Å². The second-order valence-electron chi connectivity index (χ2n) is 6.12. The summed E-state index contributed by atoms with van der Waals surface area (Å²) in [5.74, 6) is 0.672. The van der Waals surface area contributed by atoms with Crippen molar-refractivity contribution < 1.29 is 18.5 Å². The van der Waals surface area contributed by atoms with E-state index in [4.69, 9.17) is 9.26 Å². The molecule has 1 N–H and O–H groups in total. The fraction of sp³-hybridized carbons (Fsp3) is 0.0476. The van der Waals surface area contributed by atoms with Crippen LogP contribution in [0.2, 0.25) is 0 Å². The van der Waals surface area contributed by atoms with Gasteiger partial charge < -0.3 is 9.30 Å². The number of benzene rings is 3. The van der Waals surface area contributed by atoms with Crippen molar-refractivity contribution in [3.8, 4) is 11.4 Å². The number of rotatable bonds is 5. The molecule has 0 fully saturated rings. The molecule has 0 spiro atoms. The molecule has 0 unspecified atom stereocenters. The minimum absolute atomic E-state index is 0.0510. The van der Waals surface area contributed by atoms with Gasteiger partial charge in [-0.25, -0.2) is 4.79 Å². The summed E-state index contributed by atoms with van der Waals surface area (Å²) >= 11 is 0. The Morgan fingerprint density at radius 3 is 1.89 bits per heavy atom. The average Bonchev–Trinajstić information content (AvgIpc) is 3.16. The van der Waals surface area contributed by atoms with Gasteiger partial charge in [0.05, 0.1) is 7.11 Å². The first kappa shape index (κ1) is 18.0. The molecule has 3 aromatic carbocycles. The maximum atomic E-state index is 14.5. The maximum Gasteiger partial charge on any atom is 0.439 e. The van der Waals surface area contributed by atoms with E-state index in [9.17, 15) is 9.36 Å². The van der Waals surface area contributed by atoms with Gasteiger partial charge in [-0.1, -0.05) is 60.7 Å². The van der Waals surface area contributed by atoms with Crippen LogP contribution in [-0.2, 0) is 4.57 Å². The number of H-pyrrole nitrogens is 1. The first-order chi connectivity index (χ1) is 13.6. The molecule has 4 aromatic rings. The molecule has 0 saturated heterocycles. The number of aromatic nitrogens is 2. The Hall–Kier alpha value is -3.37. The highest BCUT2D eigenvalue weighted by Gasteiger charge is 2.44. The normalized spacial score (nSPS) is 11.3. The van der Waals surface area contributed by atoms with Crippen molar-refractivity contribution in [3.63, 3.8) is 0 Å². The van der Waals surface area contributed by atoms with E-state index >= 15 is 0 Å². The minimum atomic E-state index is -3.49. The Morgan fingerprint density at radius 1 is 0.857 bits per heavy atom. The van der Waals surface area contributed by atoms with Crippen molar-refractivity contribution in [1.82, 2.24) is 5.27 Å². The summed E-state index contributed by atoms with van der Waals surface area (Å²) < 4.78 is 26.2. The molecule has 7 heteroatoms. The summed E-state index contributed by atoms with van der Waals surface area (Å²) in [5, 5.41) is 3.69. The smallest absolute Gasteiger partial charge is 0.439 e. The molecule has 0 aliphatic carbocycles. The van der Waals surface area contributed by atoms with Gasteiger partial charge in [-0.3, -0.25) is 4.52 Å². The highest BCUT2D eigenvalue weighted by Crippen LogP contribution is 2.40. The van der Waals surface area contributed by atoms with Gasteiger partial charge >= 0.3 is 11.1 Å². The summed E-state index contributed by atoms with van der Waals surface area (Å²) in [7, 11) is -1.92. The van der Waals surface area contributed by atoms with Gasteiger partial charge in [-0.15, -0.1) is 0 Å². The zero-order valence-electron chi connectivity index (χ0n) is 15.1. The Morgan fingerprint density at radius 2 is 1.39 bits per heavy atom. The van der Waals surface area contributed by atoms with Gasteiger partial charge in [0.15, 0.2) is 0 Å². The fourth-order valence-corrected chi connectivity index (χ4v) is 5.82. The van der Waals surface area contributed by atoms with E-state index in [0.29, 0.717) is 22.0 Å². The van der Waals surface area contributed by atoms with E-state index in [-0.39, 0.29) is 5.44 Å². The SMILES string of the molecule is COc1ccc(-[n+]2[nH]oc(=O)c2P(=O)(c2ccccc2)c2ccccc2)cc1. The lowest BCUT2D eigenvalue weighted by atomic mass is 10.3. The Labute approximate surface area is 161 Å². The topological polar surface area (TPSA) is 76.2 Å². The van der Waals surface area contributed by atoms with E-state index in [2.05, 4.69) is 5.27 Å². The van der Waals surface area contributed by atoms with Crippen LogP contribution in [0.15, 0.2) is 94.2 Å². The van der Waals surface area contributed by atoms with Gasteiger partial charge in [0.1, 0.15) is 5.75 Å². The number of methoxy groups -OCH3 is 1. The van der Waals surface area contributed by atoms with Crippen molar-refractivity contribution in [1.29, 1.82) is 0 Å². The van der Waals surface area contributed by atoms with Gasteiger partial charge in [-0.05, 0) is 22.1 Å². The Balaban J connectivity index is 2.00. The molecule has 28 heavy (non-hydrogen) atoms. The quantitative estimate of drug-likeness (QED) is 0.415. The largest absolute Gasteiger partial charge is 0.497 e. The van der Waals surface area contributed by atoms with E-state index in [0.717, 1.165) is 0 Å². The van der Waals surface area contributed by atoms with Crippen LogP contribution in [-0.4, -0.2) is 12.4 Å². The number of nitrogens with zero attached hydrogens (tertiary/aromatic N) is 1. The predicted octanol–water partition coefficient (Wildman–Crippen LogP) is 1.89. The summed E-state index contributed by atoms with van der Waals surface area (Å²) in [6.45, 7) is 0. The molecule has 1 aromatic heterocycles. The minimum Gasteiger partial charge on any atom is -0.497 e. The van der Waals surface area contributed by atoms with E-state index in [1.807, 2.05) is 12.1 Å². The van der Waals surface area contributed by atoms with Crippen LogP contribution in [0.4, 0.5) is 0 Å². The zero-order chi connectivity index (χ0) is 19.6. The molecule has 4 rings (SSSR count). The molecular formula is C21H18N2O4P+. The number of ether oxygens (including phenoxy) is 1. The number of aromatic amines is 1. The summed E-state index contributed by atoms with van der Waals surface area (Å²) in [6.07, 6.45) is 0. The highest BCUT2D eigenvalue weighted by molar-refractivity contribution is 7.84. The monoisotopic (exact) mass is 393 g/mol. The number of hydrogen-bond donors (Lipinski definition) is 1. The highest BCUT2D eigenvalue weighted by atomic mass is 31.2. The summed E-state index contributed by atoms with van der Waals surface area (Å²) in [4.78, 5) is 12.7. The van der Waals surface area contributed by atoms with E-state index in [1.165, 1.54) is 4.68 Å². The van der Waals surface area contributed by atoms with Crippen LogP contribution in [0, 0.1) is 0 Å². The van der Waals surface area contributed by atoms with Gasteiger partial charge in [0.25, 0.3) is 0 Å². The van der Waals surface area contributed by atoms with Crippen molar-refractivity contribution in [2.75, 3.05) is 7.11 Å². The second kappa shape index (κ2) is 7.33. The Kier molecular flexibility index (Phi) is 4.72. The average molecular weight is 393 g/mol. The van der Waals surface area contributed by atoms with Gasteiger partial charge in [0, 0.05) is 22.7 Å². The maximum absolute atomic E-state index is 14.5. The standard InChI is InChI=1S/C21H17N2O4P/c1-26-17-14-12-16(13-15-17)23-20(21(24)27-22-23)28(25,18-8-4-2-5-9-18)19-10-6-3-7-11-19/h2-15H,1H3/p+1. The van der Waals surface area contributed by atoms with Crippen molar-refractivity contribution in [2.24, 2.45) is 0 Å². The third-order valence-electron chi connectivity index (χ3n) is 4.49. The van der Waals surface area contributed by atoms with Crippen LogP contribution in [0.3, 0.4) is 0 Å². The molecule has 0 atom stereocenters. The molecule has 0 saturated carbocycles. The van der Waals surface area contributed by atoms with E-state index in [1.54, 1.807) is 79.9 Å². The summed E-state index contributed by atoms with van der Waals surface area (Å²) in [5.41, 5.74) is -0.0179. The van der Waals surface area contributed by atoms with Crippen LogP contribution in [0.25, 0.3) is 5.69 Å². The fourth-order valence-electron chi connectivity index (χ4n) is 3.11. The number of hydrogen-bond acceptors (Lipinski definition) is 4. The third-order valence-corrected chi connectivity index (χ3v) is 7.52. The first-order valence-electron chi connectivity index (χ1n) is 8.64. The lowest BCUT2D eigenvalue weighted by Gasteiger charge is -2.13. The molecule has 0 aliphatic heterocycles. The van der Waals surface area contributed by atoms with Gasteiger partial charge in [0.2, 0.25) is 12.8 Å². The number of nitrogens with one attached hydrogen (secondary N) is 1. The first-order valence-corrected chi connectivity index (χ1v) is 10.3. The molecule has 0 aliphatic rings. The van der Waals surface area contributed by atoms with Crippen LogP contribution < -0.4 is 31.1 Å². The van der Waals surface area contributed by atoms with Crippen LogP contribution >= 0.6 is 7.14 Å². The van der Waals surface area contributed by atoms with Crippen molar-refractivity contribution in [3.05, 3.63) is 95.3 Å². The molecule has 0 bridgehead atoms. The molecule has 6 nitrogen and oxygen atoms in total. The lowest BCUT2D eigenvalue weighted by Crippen LogP contribution is -2.53. The molecule has 1 heterocycles. The summed E-state index contributed by atoms with van der Waals surface area (Å²) in [6, 6.07) is 25.0. The lowest BCUT2D eigenvalue weighted by molar-refractivity contribution is -0.654. The van der Waals surface area contributed by atoms with Crippen molar-refractivity contribution >= 4 is 23.2 Å². The second-order valence-corrected chi connectivity index (χ2v) is 8.79. The zero-order valence-corrected chi connectivity index (χ0v) is 16.0. The van der Waals surface area contributed by atoms with Gasteiger partial charge in [-0.2, -0.15) is 0 Å². The van der Waals surface area contributed by atoms with E-state index < -0.39 is 12.8 Å². The molecule has 140 valence electrons.